The van der Waals surface area contributed by atoms with Gasteiger partial charge in [-0.25, -0.2) is 0 Å². The molecule has 0 aromatic carbocycles. The van der Waals surface area contributed by atoms with Gasteiger partial charge in [0.15, 0.2) is 0 Å². The zero-order valence-corrected chi connectivity index (χ0v) is 13.0. The molecular weight excluding hydrogens is 352 g/mol. The summed E-state index contributed by atoms with van der Waals surface area (Å²) in [5, 5.41) is 18.8. The fourth-order valence-electron chi connectivity index (χ4n) is 1.18. The van der Waals surface area contributed by atoms with E-state index in [4.69, 9.17) is 4.42 Å². The van der Waals surface area contributed by atoms with Crippen LogP contribution >= 0.6 is 39.0 Å². The van der Waals surface area contributed by atoms with Crippen molar-refractivity contribution in [1.82, 2.24) is 10.2 Å². The van der Waals surface area contributed by atoms with Crippen molar-refractivity contribution in [2.45, 2.75) is 18.6 Å². The van der Waals surface area contributed by atoms with Crippen molar-refractivity contribution in [1.29, 1.82) is 0 Å². The van der Waals surface area contributed by atoms with Crippen LogP contribution in [0.1, 0.15) is 17.7 Å². The number of thioether (sulfide) groups is 1. The zero-order valence-electron chi connectivity index (χ0n) is 9.75. The Kier molecular flexibility index (Phi) is 4.78. The Morgan fingerprint density at radius 3 is 2.89 bits per heavy atom. The topological polar surface area (TPSA) is 79.0 Å². The Labute approximate surface area is 125 Å². The van der Waals surface area contributed by atoms with Crippen LogP contribution in [0.25, 0.3) is 6.08 Å². The standard InChI is InChI=1S/C11H9BrN2O3S2/c1-2-9-13-14-11(17-9)19-7(10(15)16)5-6-3-4-8(12)18-6/h3-5H,2H2,1H3,(H,15,16)/p-1/b7-5+. The van der Waals surface area contributed by atoms with E-state index in [9.17, 15) is 9.90 Å². The molecule has 0 aliphatic heterocycles. The number of carboxylic acid groups (broad SMARTS) is 1. The van der Waals surface area contributed by atoms with E-state index in [0.29, 0.717) is 12.3 Å². The molecule has 0 amide bonds. The number of carbonyl (C=O) groups is 1. The smallest absolute Gasteiger partial charge is 0.281 e. The number of carbonyl (C=O) groups excluding carboxylic acids is 1. The Hall–Kier alpha value is -1.12. The fourth-order valence-corrected chi connectivity index (χ4v) is 3.30. The third-order valence-electron chi connectivity index (χ3n) is 2.02. The van der Waals surface area contributed by atoms with E-state index < -0.39 is 5.97 Å². The summed E-state index contributed by atoms with van der Waals surface area (Å²) in [6, 6.07) is 3.65. The first-order valence-electron chi connectivity index (χ1n) is 5.27. The SMILES string of the molecule is CCc1nnc(S/C(=C/c2ccc(Br)s2)C(=O)[O-])o1. The molecule has 0 spiro atoms. The summed E-state index contributed by atoms with van der Waals surface area (Å²) in [6.45, 7) is 1.88. The number of aliphatic carboxylic acids is 1. The number of carboxylic acids is 1. The average Bonchev–Trinajstić information content (AvgIpc) is 2.97. The van der Waals surface area contributed by atoms with E-state index in [2.05, 4.69) is 26.1 Å². The number of halogens is 1. The van der Waals surface area contributed by atoms with E-state index in [1.54, 1.807) is 0 Å². The summed E-state index contributed by atoms with van der Waals surface area (Å²) in [4.78, 5) is 11.9. The lowest BCUT2D eigenvalue weighted by atomic mass is 10.4. The summed E-state index contributed by atoms with van der Waals surface area (Å²) < 4.78 is 6.18. The summed E-state index contributed by atoms with van der Waals surface area (Å²) >= 11 is 5.63. The second kappa shape index (κ2) is 6.36. The van der Waals surface area contributed by atoms with Crippen molar-refractivity contribution in [3.05, 3.63) is 31.6 Å². The van der Waals surface area contributed by atoms with Crippen molar-refractivity contribution in [2.75, 3.05) is 0 Å². The number of rotatable bonds is 5. The highest BCUT2D eigenvalue weighted by molar-refractivity contribution is 9.11. The third kappa shape index (κ3) is 3.92. The first-order chi connectivity index (χ1) is 9.08. The first kappa shape index (κ1) is 14.3. The number of aromatic nitrogens is 2. The van der Waals surface area contributed by atoms with Gasteiger partial charge in [0.05, 0.1) is 9.76 Å². The highest BCUT2D eigenvalue weighted by Gasteiger charge is 2.10. The maximum atomic E-state index is 11.1. The van der Waals surface area contributed by atoms with Gasteiger partial charge >= 0.3 is 0 Å². The molecule has 0 unspecified atom stereocenters. The normalized spacial score (nSPS) is 11.8. The van der Waals surface area contributed by atoms with E-state index in [1.807, 2.05) is 19.1 Å². The zero-order chi connectivity index (χ0) is 13.8. The highest BCUT2D eigenvalue weighted by Crippen LogP contribution is 2.30. The van der Waals surface area contributed by atoms with Crippen LogP contribution in [0.15, 0.2) is 30.5 Å². The number of hydrogen-bond donors (Lipinski definition) is 0. The van der Waals surface area contributed by atoms with E-state index in [-0.39, 0.29) is 10.1 Å². The van der Waals surface area contributed by atoms with Crippen molar-refractivity contribution in [3.8, 4) is 0 Å². The van der Waals surface area contributed by atoms with Gasteiger partial charge in [-0.2, -0.15) is 0 Å². The van der Waals surface area contributed by atoms with Gasteiger partial charge in [-0.05, 0) is 45.9 Å². The van der Waals surface area contributed by atoms with Crippen LogP contribution in [0, 0.1) is 0 Å². The molecule has 2 aromatic rings. The number of nitrogens with zero attached hydrogens (tertiary/aromatic N) is 2. The monoisotopic (exact) mass is 359 g/mol. The molecule has 0 bridgehead atoms. The maximum Gasteiger partial charge on any atom is 0.281 e. The summed E-state index contributed by atoms with van der Waals surface area (Å²) in [6.07, 6.45) is 2.13. The molecule has 2 rings (SSSR count). The Balaban J connectivity index is 2.21. The van der Waals surface area contributed by atoms with Crippen LogP contribution in [0.2, 0.25) is 0 Å². The molecule has 0 saturated heterocycles. The van der Waals surface area contributed by atoms with Crippen molar-refractivity contribution < 1.29 is 14.3 Å². The van der Waals surface area contributed by atoms with Crippen LogP contribution in [0.3, 0.4) is 0 Å². The molecular formula is C11H8BrN2O3S2-. The van der Waals surface area contributed by atoms with Crippen molar-refractivity contribution in [3.63, 3.8) is 0 Å². The third-order valence-corrected chi connectivity index (χ3v) is 4.43. The van der Waals surface area contributed by atoms with Gasteiger partial charge in [0.2, 0.25) is 5.89 Å². The number of aryl methyl sites for hydroxylation is 1. The molecule has 0 atom stereocenters. The van der Waals surface area contributed by atoms with Crippen LogP contribution in [0.4, 0.5) is 0 Å². The maximum absolute atomic E-state index is 11.1. The van der Waals surface area contributed by atoms with Crippen molar-refractivity contribution >= 4 is 51.1 Å². The molecule has 0 aliphatic carbocycles. The van der Waals surface area contributed by atoms with Crippen LogP contribution in [-0.2, 0) is 11.2 Å². The highest BCUT2D eigenvalue weighted by atomic mass is 79.9. The van der Waals surface area contributed by atoms with Crippen LogP contribution in [-0.4, -0.2) is 16.2 Å². The molecule has 0 fully saturated rings. The van der Waals surface area contributed by atoms with Crippen LogP contribution in [0.5, 0.6) is 0 Å². The molecule has 5 nitrogen and oxygen atoms in total. The van der Waals surface area contributed by atoms with Gasteiger partial charge in [0.1, 0.15) is 0 Å². The molecule has 0 radical (unpaired) electrons. The molecule has 8 heteroatoms. The summed E-state index contributed by atoms with van der Waals surface area (Å²) in [7, 11) is 0. The minimum absolute atomic E-state index is 0.0284. The minimum Gasteiger partial charge on any atom is -0.544 e. The lowest BCUT2D eigenvalue weighted by Crippen LogP contribution is -2.22. The second-order valence-electron chi connectivity index (χ2n) is 3.36. The van der Waals surface area contributed by atoms with Gasteiger partial charge < -0.3 is 14.3 Å². The molecule has 100 valence electrons. The Morgan fingerprint density at radius 1 is 1.58 bits per heavy atom. The Bertz CT molecular complexity index is 621. The summed E-state index contributed by atoms with van der Waals surface area (Å²) in [5.74, 6) is -0.801. The second-order valence-corrected chi connectivity index (χ2v) is 6.84. The first-order valence-corrected chi connectivity index (χ1v) is 7.69. The van der Waals surface area contributed by atoms with E-state index in [1.165, 1.54) is 17.4 Å². The molecule has 0 saturated carbocycles. The summed E-state index contributed by atoms with van der Waals surface area (Å²) in [5.41, 5.74) is 0. The molecule has 19 heavy (non-hydrogen) atoms. The minimum atomic E-state index is -1.27. The fraction of sp³-hybridized carbons (Fsp3) is 0.182. The van der Waals surface area contributed by atoms with Gasteiger partial charge in [-0.3, -0.25) is 0 Å². The average molecular weight is 360 g/mol. The van der Waals surface area contributed by atoms with Gasteiger partial charge in [-0.1, -0.05) is 6.92 Å². The van der Waals surface area contributed by atoms with E-state index in [0.717, 1.165) is 20.4 Å². The largest absolute Gasteiger partial charge is 0.544 e. The lowest BCUT2D eigenvalue weighted by molar-refractivity contribution is -0.298. The molecule has 0 aliphatic rings. The number of hydrogen-bond acceptors (Lipinski definition) is 7. The molecule has 2 aromatic heterocycles. The quantitative estimate of drug-likeness (QED) is 0.602. The van der Waals surface area contributed by atoms with Crippen molar-refractivity contribution in [2.24, 2.45) is 0 Å². The van der Waals surface area contributed by atoms with Crippen LogP contribution < -0.4 is 5.11 Å². The molecule has 0 N–H and O–H groups in total. The predicted molar refractivity (Wildman–Crippen MR) is 74.5 cm³/mol. The predicted octanol–water partition coefficient (Wildman–Crippen LogP) is 2.34. The lowest BCUT2D eigenvalue weighted by Gasteiger charge is -2.04. The van der Waals surface area contributed by atoms with E-state index >= 15 is 0 Å². The molecule has 2 heterocycles. The Morgan fingerprint density at radius 2 is 2.37 bits per heavy atom. The van der Waals surface area contributed by atoms with Gasteiger partial charge in [0, 0.05) is 16.2 Å². The van der Waals surface area contributed by atoms with Gasteiger partial charge in [-0.15, -0.1) is 21.5 Å². The van der Waals surface area contributed by atoms with Gasteiger partial charge in [0.25, 0.3) is 5.22 Å². The number of thiophene rings is 1.